The van der Waals surface area contributed by atoms with Crippen molar-refractivity contribution in [2.75, 3.05) is 32.8 Å². The number of hydrogen-bond acceptors (Lipinski definition) is 4. The highest BCUT2D eigenvalue weighted by Crippen LogP contribution is 2.13. The predicted molar refractivity (Wildman–Crippen MR) is 64.8 cm³/mol. The molecular weight excluding hydrogens is 232 g/mol. The second-order valence-corrected chi connectivity index (χ2v) is 4.77. The Labute approximate surface area is 106 Å². The van der Waals surface area contributed by atoms with Gasteiger partial charge in [-0.1, -0.05) is 0 Å². The Bertz CT molecular complexity index is 425. The number of nitrogens with zero attached hydrogens (tertiary/aromatic N) is 3. The molecule has 3 heterocycles. The van der Waals surface area contributed by atoms with Crippen LogP contribution in [0, 0.1) is 5.92 Å². The second kappa shape index (κ2) is 5.07. The molecule has 1 amide bonds. The number of rotatable bonds is 1. The molecule has 1 fully saturated rings. The molecule has 2 aliphatic heterocycles. The fourth-order valence-electron chi connectivity index (χ4n) is 2.53. The maximum Gasteiger partial charge on any atom is 0.229 e. The van der Waals surface area contributed by atoms with E-state index >= 15 is 0 Å². The van der Waals surface area contributed by atoms with E-state index in [2.05, 4.69) is 10.4 Å². The number of ether oxygens (including phenoxy) is 1. The Hall–Kier alpha value is -1.40. The monoisotopic (exact) mass is 250 g/mol. The van der Waals surface area contributed by atoms with E-state index in [0.717, 1.165) is 18.8 Å². The zero-order valence-electron chi connectivity index (χ0n) is 10.3. The molecule has 0 aromatic carbocycles. The molecule has 6 heteroatoms. The minimum atomic E-state index is -0.0238. The molecule has 1 N–H and O–H groups in total. The molecule has 1 saturated heterocycles. The number of amides is 1. The van der Waals surface area contributed by atoms with E-state index in [9.17, 15) is 4.79 Å². The van der Waals surface area contributed by atoms with Crippen molar-refractivity contribution >= 4 is 5.91 Å². The maximum absolute atomic E-state index is 12.4. The Morgan fingerprint density at radius 3 is 3.11 bits per heavy atom. The molecule has 18 heavy (non-hydrogen) atoms. The van der Waals surface area contributed by atoms with Gasteiger partial charge in [0, 0.05) is 32.4 Å². The first-order valence-corrected chi connectivity index (χ1v) is 6.42. The molecule has 2 aliphatic rings. The lowest BCUT2D eigenvalue weighted by Crippen LogP contribution is -2.46. The van der Waals surface area contributed by atoms with Crippen LogP contribution in [0.2, 0.25) is 0 Å². The van der Waals surface area contributed by atoms with E-state index in [-0.39, 0.29) is 11.8 Å². The van der Waals surface area contributed by atoms with Gasteiger partial charge in [0.15, 0.2) is 0 Å². The van der Waals surface area contributed by atoms with Crippen molar-refractivity contribution < 1.29 is 9.53 Å². The fourth-order valence-corrected chi connectivity index (χ4v) is 2.53. The van der Waals surface area contributed by atoms with E-state index in [1.807, 2.05) is 15.6 Å². The SMILES string of the molecule is O=C([C@@H]1CNCc2ccnn2C1)N1CCOCC1. The van der Waals surface area contributed by atoms with Gasteiger partial charge in [-0.05, 0) is 6.07 Å². The average Bonchev–Trinajstić information content (AvgIpc) is 2.76. The molecule has 1 atom stereocenters. The number of morpholine rings is 1. The van der Waals surface area contributed by atoms with Crippen LogP contribution in [0.1, 0.15) is 5.69 Å². The first kappa shape index (κ1) is 11.7. The first-order chi connectivity index (χ1) is 8.84. The molecule has 0 unspecified atom stereocenters. The lowest BCUT2D eigenvalue weighted by Gasteiger charge is -2.30. The summed E-state index contributed by atoms with van der Waals surface area (Å²) >= 11 is 0. The standard InChI is InChI=1S/C12H18N4O2/c17-12(15-3-5-18-6-4-15)10-7-13-8-11-1-2-14-16(11)9-10/h1-2,10,13H,3-9H2/t10-/m1/s1. The summed E-state index contributed by atoms with van der Waals surface area (Å²) in [6.07, 6.45) is 1.79. The highest BCUT2D eigenvalue weighted by molar-refractivity contribution is 5.79. The summed E-state index contributed by atoms with van der Waals surface area (Å²) in [5, 5.41) is 7.60. The number of hydrogen-bond donors (Lipinski definition) is 1. The minimum Gasteiger partial charge on any atom is -0.378 e. The van der Waals surface area contributed by atoms with Crippen molar-refractivity contribution in [3.63, 3.8) is 0 Å². The van der Waals surface area contributed by atoms with Crippen molar-refractivity contribution in [2.24, 2.45) is 5.92 Å². The van der Waals surface area contributed by atoms with Crippen molar-refractivity contribution in [1.82, 2.24) is 20.0 Å². The number of aromatic nitrogens is 2. The van der Waals surface area contributed by atoms with Crippen LogP contribution in [0.15, 0.2) is 12.3 Å². The van der Waals surface area contributed by atoms with Crippen LogP contribution >= 0.6 is 0 Å². The van der Waals surface area contributed by atoms with Crippen LogP contribution < -0.4 is 5.32 Å². The number of carbonyl (C=O) groups is 1. The van der Waals surface area contributed by atoms with E-state index in [1.165, 1.54) is 0 Å². The highest BCUT2D eigenvalue weighted by Gasteiger charge is 2.28. The van der Waals surface area contributed by atoms with Gasteiger partial charge in [0.1, 0.15) is 0 Å². The van der Waals surface area contributed by atoms with Crippen LogP contribution in [0.3, 0.4) is 0 Å². The van der Waals surface area contributed by atoms with Crippen molar-refractivity contribution in [1.29, 1.82) is 0 Å². The van der Waals surface area contributed by atoms with Gasteiger partial charge in [-0.3, -0.25) is 9.48 Å². The number of nitrogens with one attached hydrogen (secondary N) is 1. The molecular formula is C12H18N4O2. The zero-order valence-corrected chi connectivity index (χ0v) is 10.3. The fraction of sp³-hybridized carbons (Fsp3) is 0.667. The van der Waals surface area contributed by atoms with Crippen molar-refractivity contribution in [2.45, 2.75) is 13.1 Å². The first-order valence-electron chi connectivity index (χ1n) is 6.42. The molecule has 98 valence electrons. The van der Waals surface area contributed by atoms with Crippen LogP contribution in [-0.4, -0.2) is 53.4 Å². The lowest BCUT2D eigenvalue weighted by molar-refractivity contribution is -0.140. The normalized spacial score (nSPS) is 24.4. The second-order valence-electron chi connectivity index (χ2n) is 4.77. The molecule has 0 bridgehead atoms. The van der Waals surface area contributed by atoms with Gasteiger partial charge >= 0.3 is 0 Å². The van der Waals surface area contributed by atoms with Gasteiger partial charge in [-0.25, -0.2) is 0 Å². The van der Waals surface area contributed by atoms with Gasteiger partial charge in [-0.2, -0.15) is 5.10 Å². The molecule has 3 rings (SSSR count). The van der Waals surface area contributed by atoms with E-state index in [1.54, 1.807) is 6.20 Å². The zero-order chi connectivity index (χ0) is 12.4. The minimum absolute atomic E-state index is 0.0238. The Morgan fingerprint density at radius 1 is 1.44 bits per heavy atom. The molecule has 6 nitrogen and oxygen atoms in total. The summed E-state index contributed by atoms with van der Waals surface area (Å²) in [5.41, 5.74) is 1.15. The van der Waals surface area contributed by atoms with Crippen LogP contribution in [0.5, 0.6) is 0 Å². The molecule has 0 radical (unpaired) electrons. The van der Waals surface area contributed by atoms with Gasteiger partial charge in [-0.15, -0.1) is 0 Å². The summed E-state index contributed by atoms with van der Waals surface area (Å²) in [6, 6.07) is 1.99. The van der Waals surface area contributed by atoms with E-state index in [0.29, 0.717) is 32.8 Å². The van der Waals surface area contributed by atoms with Crippen LogP contribution in [0.25, 0.3) is 0 Å². The Balaban J connectivity index is 1.70. The van der Waals surface area contributed by atoms with Crippen molar-refractivity contribution in [3.8, 4) is 0 Å². The summed E-state index contributed by atoms with van der Waals surface area (Å²) in [6.45, 7) is 4.90. The average molecular weight is 250 g/mol. The Morgan fingerprint density at radius 2 is 2.28 bits per heavy atom. The number of fused-ring (bicyclic) bond motifs is 1. The number of carbonyl (C=O) groups excluding carboxylic acids is 1. The topological polar surface area (TPSA) is 59.4 Å². The third-order valence-electron chi connectivity index (χ3n) is 3.57. The summed E-state index contributed by atoms with van der Waals surface area (Å²) in [7, 11) is 0. The largest absolute Gasteiger partial charge is 0.378 e. The third-order valence-corrected chi connectivity index (χ3v) is 3.57. The van der Waals surface area contributed by atoms with E-state index in [4.69, 9.17) is 4.74 Å². The Kier molecular flexibility index (Phi) is 3.29. The van der Waals surface area contributed by atoms with Crippen LogP contribution in [0.4, 0.5) is 0 Å². The van der Waals surface area contributed by atoms with Gasteiger partial charge in [0.25, 0.3) is 0 Å². The molecule has 0 aliphatic carbocycles. The van der Waals surface area contributed by atoms with Crippen molar-refractivity contribution in [3.05, 3.63) is 18.0 Å². The van der Waals surface area contributed by atoms with Gasteiger partial charge < -0.3 is 15.0 Å². The summed E-state index contributed by atoms with van der Waals surface area (Å²) in [5.74, 6) is 0.193. The van der Waals surface area contributed by atoms with Gasteiger partial charge in [0.2, 0.25) is 5.91 Å². The summed E-state index contributed by atoms with van der Waals surface area (Å²) in [4.78, 5) is 14.3. The smallest absolute Gasteiger partial charge is 0.229 e. The summed E-state index contributed by atoms with van der Waals surface area (Å²) < 4.78 is 7.21. The molecule has 0 spiro atoms. The lowest BCUT2D eigenvalue weighted by atomic mass is 10.1. The van der Waals surface area contributed by atoms with Crippen LogP contribution in [-0.2, 0) is 22.6 Å². The third kappa shape index (κ3) is 2.26. The van der Waals surface area contributed by atoms with E-state index < -0.39 is 0 Å². The molecule has 1 aromatic heterocycles. The predicted octanol–water partition coefficient (Wildman–Crippen LogP) is -0.539. The molecule has 1 aromatic rings. The molecule has 0 saturated carbocycles. The maximum atomic E-state index is 12.4. The van der Waals surface area contributed by atoms with Gasteiger partial charge in [0.05, 0.1) is 31.4 Å². The highest BCUT2D eigenvalue weighted by atomic mass is 16.5. The quantitative estimate of drug-likeness (QED) is 0.727.